The summed E-state index contributed by atoms with van der Waals surface area (Å²) in [5, 5.41) is 14.6. The number of nitrogens with zero attached hydrogens (tertiary/aromatic N) is 2. The van der Waals surface area contributed by atoms with Gasteiger partial charge >= 0.3 is 17.7 Å². The second-order valence-corrected chi connectivity index (χ2v) is 9.29. The average Bonchev–Trinajstić information content (AvgIpc) is 3.36. The van der Waals surface area contributed by atoms with E-state index in [2.05, 4.69) is 5.32 Å². The van der Waals surface area contributed by atoms with E-state index in [0.29, 0.717) is 11.1 Å². The Hall–Kier alpha value is -5.00. The highest BCUT2D eigenvalue weighted by atomic mass is 19.1. The first-order valence-electron chi connectivity index (χ1n) is 12.5. The molecule has 0 saturated carbocycles. The molecule has 1 fully saturated rings. The zero-order valence-electron chi connectivity index (χ0n) is 22.5. The van der Waals surface area contributed by atoms with Gasteiger partial charge in [0.05, 0.1) is 38.2 Å². The molecule has 41 heavy (non-hydrogen) atoms. The topological polar surface area (TPSA) is 137 Å². The van der Waals surface area contributed by atoms with E-state index in [1.165, 1.54) is 56.7 Å². The number of hydrogen-bond acceptors (Lipinski definition) is 8. The van der Waals surface area contributed by atoms with Crippen LogP contribution in [0.1, 0.15) is 28.7 Å². The van der Waals surface area contributed by atoms with Crippen LogP contribution in [0.3, 0.4) is 0 Å². The molecule has 11 nitrogen and oxygen atoms in total. The summed E-state index contributed by atoms with van der Waals surface area (Å²) >= 11 is 0. The van der Waals surface area contributed by atoms with Gasteiger partial charge in [0.2, 0.25) is 5.91 Å². The van der Waals surface area contributed by atoms with Crippen LogP contribution in [0.2, 0.25) is 0 Å². The molecule has 1 heterocycles. The van der Waals surface area contributed by atoms with Gasteiger partial charge in [-0.2, -0.15) is 0 Å². The van der Waals surface area contributed by atoms with Crippen molar-refractivity contribution in [2.45, 2.75) is 24.5 Å². The highest BCUT2D eigenvalue weighted by Gasteiger charge is 2.58. The molecule has 1 aliphatic heterocycles. The molecule has 0 aromatic heterocycles. The number of amides is 2. The van der Waals surface area contributed by atoms with E-state index in [0.717, 1.165) is 12.0 Å². The molecule has 1 aliphatic rings. The second-order valence-electron chi connectivity index (χ2n) is 9.29. The Balaban J connectivity index is 1.89. The van der Waals surface area contributed by atoms with E-state index >= 15 is 0 Å². The number of nitro benzene ring substituents is 1. The van der Waals surface area contributed by atoms with Crippen molar-refractivity contribution < 1.29 is 37.9 Å². The van der Waals surface area contributed by atoms with Crippen molar-refractivity contribution in [2.24, 2.45) is 5.92 Å². The summed E-state index contributed by atoms with van der Waals surface area (Å²) in [4.78, 5) is 53.0. The molecule has 214 valence electrons. The van der Waals surface area contributed by atoms with Crippen molar-refractivity contribution in [1.29, 1.82) is 0 Å². The summed E-state index contributed by atoms with van der Waals surface area (Å²) in [6.45, 7) is 0.00764. The fourth-order valence-corrected chi connectivity index (χ4v) is 5.31. The SMILES string of the molecule is COC(=O)C1C(c2ccccc2)C(C(=O)NCc2ccc(F)cc2)N(C(=O)OC)C1c1ccc(OC)c([N+](=O)[O-])c1. The quantitative estimate of drug-likeness (QED) is 0.245. The third-order valence-electron chi connectivity index (χ3n) is 7.10. The molecule has 0 aliphatic carbocycles. The molecule has 4 atom stereocenters. The number of benzene rings is 3. The Morgan fingerprint density at radius 1 is 0.951 bits per heavy atom. The molecule has 0 spiro atoms. The van der Waals surface area contributed by atoms with Crippen molar-refractivity contribution in [3.05, 3.63) is 105 Å². The summed E-state index contributed by atoms with van der Waals surface area (Å²) in [6, 6.07) is 15.7. The van der Waals surface area contributed by atoms with Gasteiger partial charge in [-0.3, -0.25) is 24.6 Å². The molecule has 3 aromatic rings. The maximum absolute atomic E-state index is 13.9. The summed E-state index contributed by atoms with van der Waals surface area (Å²) in [6.07, 6.45) is -0.928. The largest absolute Gasteiger partial charge is 0.490 e. The standard InChI is InChI=1S/C29H28FN3O8/c1-39-22-14-11-19(15-21(22)33(37)38)25-24(28(35)40-2)23(18-7-5-4-6-8-18)26(32(25)29(36)41-3)27(34)31-16-17-9-12-20(30)13-10-17/h4-15,23-26H,16H2,1-3H3,(H,31,34). The number of rotatable bonds is 8. The Labute approximate surface area is 235 Å². The molecule has 0 radical (unpaired) electrons. The van der Waals surface area contributed by atoms with Gasteiger partial charge in [-0.25, -0.2) is 9.18 Å². The maximum Gasteiger partial charge on any atom is 0.410 e. The number of carbonyl (C=O) groups is 3. The summed E-state index contributed by atoms with van der Waals surface area (Å²) < 4.78 is 28.7. The number of halogens is 1. The summed E-state index contributed by atoms with van der Waals surface area (Å²) in [7, 11) is 3.59. The third-order valence-corrected chi connectivity index (χ3v) is 7.10. The maximum atomic E-state index is 13.9. The van der Waals surface area contributed by atoms with E-state index in [-0.39, 0.29) is 23.5 Å². The Morgan fingerprint density at radius 3 is 2.22 bits per heavy atom. The van der Waals surface area contributed by atoms with Crippen LogP contribution in [-0.4, -0.2) is 55.2 Å². The lowest BCUT2D eigenvalue weighted by Crippen LogP contribution is -2.48. The molecule has 3 aromatic carbocycles. The molecule has 1 N–H and O–H groups in total. The summed E-state index contributed by atoms with van der Waals surface area (Å²) in [5.74, 6) is -3.89. The Bertz CT molecular complexity index is 1430. The highest BCUT2D eigenvalue weighted by Crippen LogP contribution is 2.51. The lowest BCUT2D eigenvalue weighted by Gasteiger charge is -2.30. The fraction of sp³-hybridized carbons (Fsp3) is 0.276. The van der Waals surface area contributed by atoms with Crippen molar-refractivity contribution in [3.8, 4) is 5.75 Å². The summed E-state index contributed by atoms with van der Waals surface area (Å²) in [5.41, 5.74) is 0.974. The molecule has 0 bridgehead atoms. The first-order chi connectivity index (χ1) is 19.7. The zero-order valence-corrected chi connectivity index (χ0v) is 22.5. The zero-order chi connectivity index (χ0) is 29.7. The van der Waals surface area contributed by atoms with Crippen LogP contribution in [-0.2, 0) is 25.6 Å². The monoisotopic (exact) mass is 565 g/mol. The number of ether oxygens (including phenoxy) is 3. The lowest BCUT2D eigenvalue weighted by molar-refractivity contribution is -0.385. The normalized spacial score (nSPS) is 19.8. The third kappa shape index (κ3) is 5.81. The van der Waals surface area contributed by atoms with Gasteiger partial charge in [-0.05, 0) is 34.9 Å². The molecule has 1 saturated heterocycles. The van der Waals surface area contributed by atoms with Crippen LogP contribution < -0.4 is 10.1 Å². The van der Waals surface area contributed by atoms with Gasteiger partial charge in [0, 0.05) is 18.5 Å². The van der Waals surface area contributed by atoms with Crippen molar-refractivity contribution >= 4 is 23.7 Å². The van der Waals surface area contributed by atoms with E-state index in [1.807, 2.05) is 0 Å². The van der Waals surface area contributed by atoms with Gasteiger partial charge in [-0.15, -0.1) is 0 Å². The Morgan fingerprint density at radius 2 is 1.63 bits per heavy atom. The molecule has 4 unspecified atom stereocenters. The first-order valence-corrected chi connectivity index (χ1v) is 12.5. The van der Waals surface area contributed by atoms with Crippen molar-refractivity contribution in [3.63, 3.8) is 0 Å². The molecule has 2 amide bonds. The minimum absolute atomic E-state index is 0.00764. The van der Waals surface area contributed by atoms with Gasteiger partial charge in [0.25, 0.3) is 0 Å². The number of carbonyl (C=O) groups excluding carboxylic acids is 3. The van der Waals surface area contributed by atoms with Gasteiger partial charge in [-0.1, -0.05) is 48.5 Å². The number of nitro groups is 1. The Kier molecular flexibility index (Phi) is 8.81. The number of likely N-dealkylation sites (tertiary alicyclic amines) is 1. The molecular weight excluding hydrogens is 537 g/mol. The van der Waals surface area contributed by atoms with Gasteiger partial charge < -0.3 is 19.5 Å². The number of methoxy groups -OCH3 is 3. The number of esters is 1. The van der Waals surface area contributed by atoms with E-state index in [1.54, 1.807) is 30.3 Å². The molecule has 4 rings (SSSR count). The van der Waals surface area contributed by atoms with E-state index < -0.39 is 52.6 Å². The average molecular weight is 566 g/mol. The highest BCUT2D eigenvalue weighted by molar-refractivity contribution is 5.91. The van der Waals surface area contributed by atoms with E-state index in [4.69, 9.17) is 14.2 Å². The molecular formula is C29H28FN3O8. The minimum Gasteiger partial charge on any atom is -0.490 e. The smallest absolute Gasteiger partial charge is 0.410 e. The lowest BCUT2D eigenvalue weighted by atomic mass is 9.79. The van der Waals surface area contributed by atoms with Gasteiger partial charge in [0.1, 0.15) is 11.9 Å². The molecule has 12 heteroatoms. The predicted molar refractivity (Wildman–Crippen MR) is 143 cm³/mol. The number of hydrogen-bond donors (Lipinski definition) is 1. The van der Waals surface area contributed by atoms with Crippen LogP contribution in [0.15, 0.2) is 72.8 Å². The van der Waals surface area contributed by atoms with Gasteiger partial charge in [0.15, 0.2) is 5.75 Å². The van der Waals surface area contributed by atoms with Crippen molar-refractivity contribution in [2.75, 3.05) is 21.3 Å². The van der Waals surface area contributed by atoms with Crippen LogP contribution >= 0.6 is 0 Å². The minimum atomic E-state index is -1.29. The van der Waals surface area contributed by atoms with Crippen LogP contribution in [0.25, 0.3) is 0 Å². The first kappa shape index (κ1) is 29.0. The second kappa shape index (κ2) is 12.5. The number of nitrogens with one attached hydrogen (secondary N) is 1. The van der Waals surface area contributed by atoms with Crippen LogP contribution in [0.4, 0.5) is 14.9 Å². The fourth-order valence-electron chi connectivity index (χ4n) is 5.31. The van der Waals surface area contributed by atoms with Crippen LogP contribution in [0, 0.1) is 21.8 Å². The van der Waals surface area contributed by atoms with E-state index in [9.17, 15) is 28.9 Å². The predicted octanol–water partition coefficient (Wildman–Crippen LogP) is 4.12. The van der Waals surface area contributed by atoms with Crippen molar-refractivity contribution in [1.82, 2.24) is 10.2 Å². The van der Waals surface area contributed by atoms with Crippen LogP contribution in [0.5, 0.6) is 5.75 Å².